The predicted molar refractivity (Wildman–Crippen MR) is 71.4 cm³/mol. The summed E-state index contributed by atoms with van der Waals surface area (Å²) in [6.45, 7) is 5.09. The molecule has 0 amide bonds. The number of carbonyl (C=O) groups excluding carboxylic acids is 1. The largest absolute Gasteiger partial charge is 0.328 e. The number of imidazole rings is 1. The van der Waals surface area contributed by atoms with Crippen LogP contribution in [-0.2, 0) is 6.54 Å². The lowest BCUT2D eigenvalue weighted by molar-refractivity contribution is 0.0803. The van der Waals surface area contributed by atoms with Crippen molar-refractivity contribution in [3.63, 3.8) is 0 Å². The first-order valence-corrected chi connectivity index (χ1v) is 6.91. The van der Waals surface area contributed by atoms with Gasteiger partial charge in [0.25, 0.3) is 0 Å². The molecule has 2 N–H and O–H groups in total. The molecule has 1 aliphatic carbocycles. The monoisotopic (exact) mass is 249 g/mol. The third-order valence-corrected chi connectivity index (χ3v) is 3.87. The summed E-state index contributed by atoms with van der Waals surface area (Å²) in [6, 6.07) is 0. The van der Waals surface area contributed by atoms with Crippen LogP contribution < -0.4 is 5.73 Å². The molecule has 4 nitrogen and oxygen atoms in total. The van der Waals surface area contributed by atoms with Crippen molar-refractivity contribution in [2.45, 2.75) is 58.0 Å². The molecule has 18 heavy (non-hydrogen) atoms. The summed E-state index contributed by atoms with van der Waals surface area (Å²) in [5.74, 6) is 1.09. The van der Waals surface area contributed by atoms with Gasteiger partial charge in [-0.3, -0.25) is 4.79 Å². The van der Waals surface area contributed by atoms with Gasteiger partial charge in [-0.05, 0) is 25.2 Å². The summed E-state index contributed by atoms with van der Waals surface area (Å²) < 4.78 is 1.93. The molecule has 1 heterocycles. The average Bonchev–Trinajstić information content (AvgIpc) is 2.76. The van der Waals surface area contributed by atoms with Crippen molar-refractivity contribution in [1.29, 1.82) is 0 Å². The van der Waals surface area contributed by atoms with Crippen molar-refractivity contribution in [1.82, 2.24) is 9.55 Å². The molecule has 1 saturated carbocycles. The highest BCUT2D eigenvalue weighted by Crippen LogP contribution is 2.32. The van der Waals surface area contributed by atoms with Gasteiger partial charge in [0.2, 0.25) is 5.78 Å². The summed E-state index contributed by atoms with van der Waals surface area (Å²) in [6.07, 6.45) is 8.34. The normalized spacial score (nSPS) is 28.3. The first-order chi connectivity index (χ1) is 8.57. The molecule has 100 valence electrons. The van der Waals surface area contributed by atoms with Crippen molar-refractivity contribution in [3.05, 3.63) is 18.2 Å². The lowest BCUT2D eigenvalue weighted by Gasteiger charge is -2.35. The van der Waals surface area contributed by atoms with E-state index in [-0.39, 0.29) is 5.78 Å². The van der Waals surface area contributed by atoms with Gasteiger partial charge in [-0.2, -0.15) is 0 Å². The summed E-state index contributed by atoms with van der Waals surface area (Å²) in [4.78, 5) is 16.8. The van der Waals surface area contributed by atoms with Crippen LogP contribution in [0.1, 0.15) is 56.6 Å². The molecule has 4 heteroatoms. The van der Waals surface area contributed by atoms with Crippen molar-refractivity contribution in [2.75, 3.05) is 0 Å². The van der Waals surface area contributed by atoms with Gasteiger partial charge in [-0.1, -0.05) is 26.7 Å². The van der Waals surface area contributed by atoms with Crippen LogP contribution in [0.25, 0.3) is 0 Å². The fourth-order valence-corrected chi connectivity index (χ4v) is 2.96. The minimum Gasteiger partial charge on any atom is -0.328 e. The minimum absolute atomic E-state index is 0.0208. The molecule has 1 fully saturated rings. The van der Waals surface area contributed by atoms with Crippen molar-refractivity contribution in [3.8, 4) is 0 Å². The number of aryl methyl sites for hydroxylation is 1. The summed E-state index contributed by atoms with van der Waals surface area (Å²) in [5.41, 5.74) is 5.65. The Bertz CT molecular complexity index is 426. The van der Waals surface area contributed by atoms with Crippen LogP contribution in [0.2, 0.25) is 0 Å². The number of hydrogen-bond donors (Lipinski definition) is 1. The van der Waals surface area contributed by atoms with Crippen LogP contribution in [0.5, 0.6) is 0 Å². The van der Waals surface area contributed by atoms with Crippen molar-refractivity contribution < 1.29 is 4.79 Å². The first kappa shape index (κ1) is 13.3. The maximum absolute atomic E-state index is 12.6. The average molecular weight is 249 g/mol. The maximum Gasteiger partial charge on any atom is 0.217 e. The Labute approximate surface area is 109 Å². The van der Waals surface area contributed by atoms with E-state index < -0.39 is 5.54 Å². The van der Waals surface area contributed by atoms with Gasteiger partial charge in [-0.15, -0.1) is 0 Å². The van der Waals surface area contributed by atoms with E-state index in [0.29, 0.717) is 11.7 Å². The zero-order valence-electron chi connectivity index (χ0n) is 11.4. The van der Waals surface area contributed by atoms with Gasteiger partial charge < -0.3 is 10.3 Å². The molecule has 0 bridgehead atoms. The maximum atomic E-state index is 12.6. The zero-order valence-corrected chi connectivity index (χ0v) is 11.4. The molecule has 0 aliphatic heterocycles. The molecule has 2 unspecified atom stereocenters. The van der Waals surface area contributed by atoms with Crippen LogP contribution in [0.3, 0.4) is 0 Å². The Morgan fingerprint density at radius 3 is 3.11 bits per heavy atom. The Morgan fingerprint density at radius 2 is 2.44 bits per heavy atom. The molecule has 1 aliphatic rings. The molecule has 0 aromatic carbocycles. The number of Topliss-reactive ketones (excluding diaryl/α,β-unsaturated/α-hetero) is 1. The van der Waals surface area contributed by atoms with Crippen molar-refractivity contribution in [2.24, 2.45) is 11.7 Å². The number of aromatic nitrogens is 2. The Morgan fingerprint density at radius 1 is 1.67 bits per heavy atom. The van der Waals surface area contributed by atoms with Crippen LogP contribution in [0.4, 0.5) is 0 Å². The summed E-state index contributed by atoms with van der Waals surface area (Å²) in [5, 5.41) is 0. The number of carbonyl (C=O) groups is 1. The molecule has 1 aromatic heterocycles. The number of ketones is 1. The van der Waals surface area contributed by atoms with E-state index in [4.69, 9.17) is 5.73 Å². The minimum atomic E-state index is -0.700. The number of nitrogens with zero attached hydrogens (tertiary/aromatic N) is 2. The first-order valence-electron chi connectivity index (χ1n) is 6.91. The van der Waals surface area contributed by atoms with E-state index in [0.717, 1.165) is 32.2 Å². The van der Waals surface area contributed by atoms with Crippen LogP contribution in [0, 0.1) is 5.92 Å². The third-order valence-electron chi connectivity index (χ3n) is 3.87. The molecular formula is C14H23N3O. The van der Waals surface area contributed by atoms with E-state index in [1.807, 2.05) is 10.8 Å². The Hall–Kier alpha value is -1.16. The lowest BCUT2D eigenvalue weighted by Crippen LogP contribution is -2.51. The summed E-state index contributed by atoms with van der Waals surface area (Å²) in [7, 11) is 0. The molecule has 0 saturated heterocycles. The summed E-state index contributed by atoms with van der Waals surface area (Å²) >= 11 is 0. The lowest BCUT2D eigenvalue weighted by atomic mass is 9.74. The standard InChI is InChI=1S/C14H23N3O/c1-3-8-17-9-7-16-13(17)12(18)14(15)6-4-5-11(2)10-14/h7,9,11H,3-6,8,10,15H2,1-2H3. The van der Waals surface area contributed by atoms with E-state index >= 15 is 0 Å². The van der Waals surface area contributed by atoms with Crippen LogP contribution >= 0.6 is 0 Å². The highest BCUT2D eigenvalue weighted by atomic mass is 16.1. The molecular weight excluding hydrogens is 226 g/mol. The van der Waals surface area contributed by atoms with E-state index in [1.165, 1.54) is 6.42 Å². The van der Waals surface area contributed by atoms with Gasteiger partial charge in [-0.25, -0.2) is 4.98 Å². The number of nitrogens with two attached hydrogens (primary N) is 1. The fraction of sp³-hybridized carbons (Fsp3) is 0.714. The SMILES string of the molecule is CCCn1ccnc1C(=O)C1(N)CCCC(C)C1. The van der Waals surface area contributed by atoms with Crippen molar-refractivity contribution >= 4 is 5.78 Å². The fourth-order valence-electron chi connectivity index (χ4n) is 2.96. The second-order valence-electron chi connectivity index (χ2n) is 5.63. The van der Waals surface area contributed by atoms with E-state index in [1.54, 1.807) is 6.20 Å². The second-order valence-corrected chi connectivity index (χ2v) is 5.63. The molecule has 2 rings (SSSR count). The molecule has 2 atom stereocenters. The smallest absolute Gasteiger partial charge is 0.217 e. The van der Waals surface area contributed by atoms with Gasteiger partial charge in [0, 0.05) is 18.9 Å². The quantitative estimate of drug-likeness (QED) is 0.833. The van der Waals surface area contributed by atoms with Crippen LogP contribution in [-0.4, -0.2) is 20.9 Å². The van der Waals surface area contributed by atoms with Gasteiger partial charge in [0.15, 0.2) is 5.82 Å². The highest BCUT2D eigenvalue weighted by molar-refractivity contribution is 6.00. The second kappa shape index (κ2) is 5.22. The van der Waals surface area contributed by atoms with E-state index in [9.17, 15) is 4.79 Å². The van der Waals surface area contributed by atoms with Crippen LogP contribution in [0.15, 0.2) is 12.4 Å². The Balaban J connectivity index is 2.21. The predicted octanol–water partition coefficient (Wildman–Crippen LogP) is 2.38. The van der Waals surface area contributed by atoms with Gasteiger partial charge >= 0.3 is 0 Å². The third kappa shape index (κ3) is 2.48. The topological polar surface area (TPSA) is 60.9 Å². The highest BCUT2D eigenvalue weighted by Gasteiger charge is 2.40. The molecule has 1 aromatic rings. The number of rotatable bonds is 4. The molecule has 0 radical (unpaired) electrons. The zero-order chi connectivity index (χ0) is 13.2. The van der Waals surface area contributed by atoms with E-state index in [2.05, 4.69) is 18.8 Å². The van der Waals surface area contributed by atoms with Gasteiger partial charge in [0.05, 0.1) is 5.54 Å². The Kier molecular flexibility index (Phi) is 3.85. The van der Waals surface area contributed by atoms with Gasteiger partial charge in [0.1, 0.15) is 0 Å². The number of hydrogen-bond acceptors (Lipinski definition) is 3. The molecule has 0 spiro atoms.